The van der Waals surface area contributed by atoms with Crippen molar-refractivity contribution in [1.82, 2.24) is 10.5 Å². The molecule has 0 unspecified atom stereocenters. The van der Waals surface area contributed by atoms with Crippen molar-refractivity contribution in [2.24, 2.45) is 5.73 Å². The maximum atomic E-state index is 11.1. The topological polar surface area (TPSA) is 81.2 Å². The van der Waals surface area contributed by atoms with Gasteiger partial charge in [-0.3, -0.25) is 4.79 Å². The lowest BCUT2D eigenvalue weighted by molar-refractivity contribution is 0.0918. The van der Waals surface area contributed by atoms with Crippen molar-refractivity contribution in [3.8, 4) is 0 Å². The van der Waals surface area contributed by atoms with Crippen molar-refractivity contribution in [2.75, 3.05) is 13.1 Å². The highest BCUT2D eigenvalue weighted by Gasteiger charge is 2.09. The van der Waals surface area contributed by atoms with Crippen LogP contribution in [0.3, 0.4) is 0 Å². The molecule has 1 rings (SSSR count). The summed E-state index contributed by atoms with van der Waals surface area (Å²) in [6.07, 6.45) is 0. The first-order chi connectivity index (χ1) is 5.74. The summed E-state index contributed by atoms with van der Waals surface area (Å²) in [5.74, 6) is -0.0537. The highest BCUT2D eigenvalue weighted by Crippen LogP contribution is 2.00. The van der Waals surface area contributed by atoms with Gasteiger partial charge in [-0.05, 0) is 6.92 Å². The molecule has 66 valence electrons. The largest absolute Gasteiger partial charge is 0.351 e. The summed E-state index contributed by atoms with van der Waals surface area (Å²) in [5, 5.41) is 6.14. The molecule has 0 saturated heterocycles. The normalized spacial score (nSPS) is 9.83. The molecule has 0 atom stereocenters. The summed E-state index contributed by atoms with van der Waals surface area (Å²) in [6.45, 7) is 2.61. The van der Waals surface area contributed by atoms with Crippen LogP contribution < -0.4 is 11.1 Å². The maximum Gasteiger partial charge on any atom is 0.289 e. The van der Waals surface area contributed by atoms with Gasteiger partial charge in [0, 0.05) is 19.2 Å². The van der Waals surface area contributed by atoms with E-state index in [0.29, 0.717) is 18.8 Å². The number of nitrogens with two attached hydrogens (primary N) is 1. The number of nitrogens with zero attached hydrogens (tertiary/aromatic N) is 1. The molecule has 0 fully saturated rings. The maximum absolute atomic E-state index is 11.1. The van der Waals surface area contributed by atoms with E-state index in [1.54, 1.807) is 13.0 Å². The smallest absolute Gasteiger partial charge is 0.289 e. The number of rotatable bonds is 3. The summed E-state index contributed by atoms with van der Waals surface area (Å²) in [5.41, 5.74) is 5.89. The van der Waals surface area contributed by atoms with Gasteiger partial charge in [-0.25, -0.2) is 0 Å². The average Bonchev–Trinajstić information content (AvgIpc) is 2.47. The monoisotopic (exact) mass is 169 g/mol. The fraction of sp³-hybridized carbons (Fsp3) is 0.429. The van der Waals surface area contributed by atoms with Crippen molar-refractivity contribution in [2.45, 2.75) is 6.92 Å². The lowest BCUT2D eigenvalue weighted by atomic mass is 10.4. The SMILES string of the molecule is Cc1cc(C(=O)NCCN)on1. The van der Waals surface area contributed by atoms with Crippen LogP contribution in [-0.4, -0.2) is 24.2 Å². The Morgan fingerprint density at radius 2 is 2.58 bits per heavy atom. The molecule has 5 nitrogen and oxygen atoms in total. The van der Waals surface area contributed by atoms with E-state index in [1.807, 2.05) is 0 Å². The van der Waals surface area contributed by atoms with Gasteiger partial charge >= 0.3 is 0 Å². The fourth-order valence-electron chi connectivity index (χ4n) is 0.743. The van der Waals surface area contributed by atoms with Crippen LogP contribution in [-0.2, 0) is 0 Å². The lowest BCUT2D eigenvalue weighted by Crippen LogP contribution is -2.28. The number of hydrogen-bond donors (Lipinski definition) is 2. The lowest BCUT2D eigenvalue weighted by Gasteiger charge is -1.97. The van der Waals surface area contributed by atoms with Crippen LogP contribution in [0.25, 0.3) is 0 Å². The van der Waals surface area contributed by atoms with Gasteiger partial charge in [-0.15, -0.1) is 0 Å². The molecule has 1 aromatic rings. The minimum atomic E-state index is -0.277. The van der Waals surface area contributed by atoms with Gasteiger partial charge in [-0.1, -0.05) is 5.16 Å². The Morgan fingerprint density at radius 3 is 3.08 bits per heavy atom. The zero-order valence-electron chi connectivity index (χ0n) is 6.83. The molecule has 5 heteroatoms. The summed E-state index contributed by atoms with van der Waals surface area (Å²) < 4.78 is 4.72. The number of aryl methyl sites for hydroxylation is 1. The van der Waals surface area contributed by atoms with E-state index in [4.69, 9.17) is 10.3 Å². The molecule has 1 amide bonds. The van der Waals surface area contributed by atoms with Crippen LogP contribution in [0.15, 0.2) is 10.6 Å². The minimum absolute atomic E-state index is 0.223. The summed E-state index contributed by atoms with van der Waals surface area (Å²) >= 11 is 0. The van der Waals surface area contributed by atoms with Gasteiger partial charge in [0.15, 0.2) is 0 Å². The molecule has 3 N–H and O–H groups in total. The van der Waals surface area contributed by atoms with Gasteiger partial charge in [-0.2, -0.15) is 0 Å². The van der Waals surface area contributed by atoms with Gasteiger partial charge in [0.25, 0.3) is 5.91 Å². The second-order valence-electron chi connectivity index (χ2n) is 2.38. The van der Waals surface area contributed by atoms with Crippen molar-refractivity contribution in [1.29, 1.82) is 0 Å². The molecule has 0 saturated carbocycles. The third-order valence-corrected chi connectivity index (χ3v) is 1.28. The molecule has 0 aliphatic carbocycles. The Kier molecular flexibility index (Phi) is 2.82. The van der Waals surface area contributed by atoms with Gasteiger partial charge < -0.3 is 15.6 Å². The van der Waals surface area contributed by atoms with Crippen LogP contribution >= 0.6 is 0 Å². The summed E-state index contributed by atoms with van der Waals surface area (Å²) in [6, 6.07) is 1.58. The van der Waals surface area contributed by atoms with E-state index in [9.17, 15) is 4.79 Å². The van der Waals surface area contributed by atoms with Crippen LogP contribution in [0.2, 0.25) is 0 Å². The van der Waals surface area contributed by atoms with Crippen molar-refractivity contribution < 1.29 is 9.32 Å². The minimum Gasteiger partial charge on any atom is -0.351 e. The van der Waals surface area contributed by atoms with Crippen molar-refractivity contribution in [3.63, 3.8) is 0 Å². The number of nitrogens with one attached hydrogen (secondary N) is 1. The van der Waals surface area contributed by atoms with E-state index in [2.05, 4.69) is 10.5 Å². The zero-order valence-corrected chi connectivity index (χ0v) is 6.83. The number of carbonyl (C=O) groups is 1. The van der Waals surface area contributed by atoms with E-state index in [0.717, 1.165) is 0 Å². The highest BCUT2D eigenvalue weighted by molar-refractivity contribution is 5.91. The van der Waals surface area contributed by atoms with E-state index in [-0.39, 0.29) is 11.7 Å². The van der Waals surface area contributed by atoms with E-state index >= 15 is 0 Å². The molecule has 1 heterocycles. The van der Waals surface area contributed by atoms with Crippen LogP contribution in [0.5, 0.6) is 0 Å². The van der Waals surface area contributed by atoms with Gasteiger partial charge in [0.1, 0.15) is 0 Å². The van der Waals surface area contributed by atoms with Gasteiger partial charge in [0.2, 0.25) is 5.76 Å². The Bertz CT molecular complexity index is 269. The predicted octanol–water partition coefficient (Wildman–Crippen LogP) is -0.328. The van der Waals surface area contributed by atoms with Crippen LogP contribution in [0.4, 0.5) is 0 Å². The molecule has 0 aromatic carbocycles. The number of aromatic nitrogens is 1. The third kappa shape index (κ3) is 2.06. The number of amides is 1. The van der Waals surface area contributed by atoms with Crippen molar-refractivity contribution >= 4 is 5.91 Å². The second-order valence-corrected chi connectivity index (χ2v) is 2.38. The quantitative estimate of drug-likeness (QED) is 0.649. The van der Waals surface area contributed by atoms with Crippen LogP contribution in [0, 0.1) is 6.92 Å². The number of hydrogen-bond acceptors (Lipinski definition) is 4. The summed E-state index contributed by atoms with van der Waals surface area (Å²) in [7, 11) is 0. The molecular weight excluding hydrogens is 158 g/mol. The molecule has 1 aromatic heterocycles. The zero-order chi connectivity index (χ0) is 8.97. The highest BCUT2D eigenvalue weighted by atomic mass is 16.5. The first-order valence-corrected chi connectivity index (χ1v) is 3.65. The van der Waals surface area contributed by atoms with Crippen LogP contribution in [0.1, 0.15) is 16.2 Å². The molecular formula is C7H11N3O2. The molecule has 0 aliphatic heterocycles. The summed E-state index contributed by atoms with van der Waals surface area (Å²) in [4.78, 5) is 11.1. The first-order valence-electron chi connectivity index (χ1n) is 3.65. The Labute approximate surface area is 69.9 Å². The first kappa shape index (κ1) is 8.73. The standard InChI is InChI=1S/C7H11N3O2/c1-5-4-6(12-10-5)7(11)9-3-2-8/h4H,2-3,8H2,1H3,(H,9,11). The number of carbonyl (C=O) groups excluding carboxylic acids is 1. The Hall–Kier alpha value is -1.36. The second kappa shape index (κ2) is 3.87. The predicted molar refractivity (Wildman–Crippen MR) is 42.6 cm³/mol. The molecule has 12 heavy (non-hydrogen) atoms. The van der Waals surface area contributed by atoms with Crippen molar-refractivity contribution in [3.05, 3.63) is 17.5 Å². The molecule has 0 radical (unpaired) electrons. The third-order valence-electron chi connectivity index (χ3n) is 1.28. The van der Waals surface area contributed by atoms with Gasteiger partial charge in [0.05, 0.1) is 5.69 Å². The Balaban J connectivity index is 2.53. The molecule has 0 spiro atoms. The van der Waals surface area contributed by atoms with E-state index in [1.165, 1.54) is 0 Å². The Morgan fingerprint density at radius 1 is 1.83 bits per heavy atom. The molecule has 0 aliphatic rings. The fourth-order valence-corrected chi connectivity index (χ4v) is 0.743. The van der Waals surface area contributed by atoms with E-state index < -0.39 is 0 Å². The molecule has 0 bridgehead atoms. The average molecular weight is 169 g/mol.